The molecule has 0 bridgehead atoms. The van der Waals surface area contributed by atoms with Crippen molar-refractivity contribution in [2.45, 2.75) is 52.1 Å². The van der Waals surface area contributed by atoms with Crippen molar-refractivity contribution >= 4 is 0 Å². The normalized spacial score (nSPS) is 21.2. The van der Waals surface area contributed by atoms with E-state index < -0.39 is 6.10 Å². The summed E-state index contributed by atoms with van der Waals surface area (Å²) in [5.41, 5.74) is 1.27. The quantitative estimate of drug-likeness (QED) is 0.818. The lowest BCUT2D eigenvalue weighted by Gasteiger charge is -2.38. The smallest absolute Gasteiger partial charge is 0.126 e. The van der Waals surface area contributed by atoms with Gasteiger partial charge < -0.3 is 5.11 Å². The Balaban J connectivity index is 2.23. The molecule has 1 aromatic rings. The van der Waals surface area contributed by atoms with E-state index in [0.717, 1.165) is 18.4 Å². The van der Waals surface area contributed by atoms with Gasteiger partial charge in [-0.15, -0.1) is 0 Å². The fourth-order valence-electron chi connectivity index (χ4n) is 2.81. The Bertz CT molecular complexity index is 394. The van der Waals surface area contributed by atoms with Gasteiger partial charge in [-0.05, 0) is 42.4 Å². The summed E-state index contributed by atoms with van der Waals surface area (Å²) in [7, 11) is 0. The van der Waals surface area contributed by atoms with Crippen LogP contribution in [0.5, 0.6) is 0 Å². The zero-order valence-electron chi connectivity index (χ0n) is 10.7. The Labute approximate surface area is 103 Å². The van der Waals surface area contributed by atoms with Crippen molar-refractivity contribution in [3.8, 4) is 0 Å². The lowest BCUT2D eigenvalue weighted by molar-refractivity contribution is 0.00799. The molecule has 0 amide bonds. The molecule has 0 spiro atoms. The van der Waals surface area contributed by atoms with Crippen LogP contribution in [0.3, 0.4) is 0 Å². The van der Waals surface area contributed by atoms with Crippen molar-refractivity contribution in [2.24, 2.45) is 5.41 Å². The van der Waals surface area contributed by atoms with Crippen LogP contribution in [-0.4, -0.2) is 5.11 Å². The molecule has 0 radical (unpaired) electrons. The van der Waals surface area contributed by atoms with Gasteiger partial charge in [0.15, 0.2) is 0 Å². The van der Waals surface area contributed by atoms with Gasteiger partial charge in [0.1, 0.15) is 5.82 Å². The van der Waals surface area contributed by atoms with Crippen LogP contribution in [0.15, 0.2) is 18.2 Å². The zero-order chi connectivity index (χ0) is 12.5. The van der Waals surface area contributed by atoms with Gasteiger partial charge in [-0.25, -0.2) is 4.39 Å². The molecule has 0 saturated heterocycles. The molecule has 2 heteroatoms. The topological polar surface area (TPSA) is 20.2 Å². The molecule has 0 heterocycles. The summed E-state index contributed by atoms with van der Waals surface area (Å²) in [4.78, 5) is 0. The average Bonchev–Trinajstić information content (AvgIpc) is 2.33. The molecule has 17 heavy (non-hydrogen) atoms. The number of rotatable bonds is 2. The first-order valence-corrected chi connectivity index (χ1v) is 6.47. The van der Waals surface area contributed by atoms with E-state index in [9.17, 15) is 9.50 Å². The summed E-state index contributed by atoms with van der Waals surface area (Å²) < 4.78 is 13.5. The number of benzene rings is 1. The maximum atomic E-state index is 13.5. The minimum atomic E-state index is -0.544. The Kier molecular flexibility index (Phi) is 3.53. The van der Waals surface area contributed by atoms with Crippen molar-refractivity contribution in [1.82, 2.24) is 0 Å². The third-order valence-corrected chi connectivity index (χ3v) is 4.17. The van der Waals surface area contributed by atoms with Gasteiger partial charge in [-0.3, -0.25) is 0 Å². The standard InChI is InChI=1S/C15H21FO/c1-11-6-7-12(10-13(11)16)14(17)15(2)8-4-3-5-9-15/h6-7,10,14,17H,3-5,8-9H2,1-2H3. The highest BCUT2D eigenvalue weighted by molar-refractivity contribution is 5.26. The molecule has 94 valence electrons. The summed E-state index contributed by atoms with van der Waals surface area (Å²) in [6.45, 7) is 3.86. The van der Waals surface area contributed by atoms with E-state index in [4.69, 9.17) is 0 Å². The van der Waals surface area contributed by atoms with Gasteiger partial charge in [0.25, 0.3) is 0 Å². The number of aryl methyl sites for hydroxylation is 1. The molecule has 2 rings (SSSR count). The third-order valence-electron chi connectivity index (χ3n) is 4.17. The number of hydrogen-bond acceptors (Lipinski definition) is 1. The minimum absolute atomic E-state index is 0.0834. The molecule has 1 aromatic carbocycles. The minimum Gasteiger partial charge on any atom is -0.388 e. The van der Waals surface area contributed by atoms with Crippen LogP contribution in [0.4, 0.5) is 4.39 Å². The molecule has 1 N–H and O–H groups in total. The van der Waals surface area contributed by atoms with Gasteiger partial charge in [-0.1, -0.05) is 38.3 Å². The SMILES string of the molecule is Cc1ccc(C(O)C2(C)CCCCC2)cc1F. The van der Waals surface area contributed by atoms with Gasteiger partial charge in [-0.2, -0.15) is 0 Å². The van der Waals surface area contributed by atoms with Crippen LogP contribution < -0.4 is 0 Å². The number of hydrogen-bond donors (Lipinski definition) is 1. The molecule has 1 aliphatic carbocycles. The average molecular weight is 236 g/mol. The Morgan fingerprint density at radius 2 is 1.88 bits per heavy atom. The van der Waals surface area contributed by atoms with Gasteiger partial charge in [0.05, 0.1) is 6.10 Å². The third kappa shape index (κ3) is 2.52. The fraction of sp³-hybridized carbons (Fsp3) is 0.600. The second-order valence-corrected chi connectivity index (χ2v) is 5.63. The van der Waals surface area contributed by atoms with Crippen molar-refractivity contribution in [3.63, 3.8) is 0 Å². The summed E-state index contributed by atoms with van der Waals surface area (Å²) in [6.07, 6.45) is 5.11. The molecule has 1 saturated carbocycles. The molecular weight excluding hydrogens is 215 g/mol. The molecular formula is C15H21FO. The molecule has 1 nitrogen and oxygen atoms in total. The predicted octanol–water partition coefficient (Wildman–Crippen LogP) is 4.14. The highest BCUT2D eigenvalue weighted by Crippen LogP contribution is 2.45. The van der Waals surface area contributed by atoms with E-state index in [2.05, 4.69) is 6.92 Å². The first-order chi connectivity index (χ1) is 8.03. The lowest BCUT2D eigenvalue weighted by atomic mass is 9.70. The summed E-state index contributed by atoms with van der Waals surface area (Å²) in [5, 5.41) is 10.5. The van der Waals surface area contributed by atoms with Crippen molar-refractivity contribution in [3.05, 3.63) is 35.1 Å². The summed E-state index contributed by atoms with van der Waals surface area (Å²) in [6, 6.07) is 5.09. The second kappa shape index (κ2) is 4.77. The molecule has 1 unspecified atom stereocenters. The van der Waals surface area contributed by atoms with Crippen molar-refractivity contribution in [2.75, 3.05) is 0 Å². The molecule has 1 fully saturated rings. The molecule has 1 atom stereocenters. The first-order valence-electron chi connectivity index (χ1n) is 6.47. The summed E-state index contributed by atoms with van der Waals surface area (Å²) >= 11 is 0. The van der Waals surface area contributed by atoms with E-state index in [1.807, 2.05) is 6.07 Å². The predicted molar refractivity (Wildman–Crippen MR) is 67.3 cm³/mol. The molecule has 0 aliphatic heterocycles. The van der Waals surface area contributed by atoms with Crippen molar-refractivity contribution in [1.29, 1.82) is 0 Å². The molecule has 0 aromatic heterocycles. The lowest BCUT2D eigenvalue weighted by Crippen LogP contribution is -2.28. The Morgan fingerprint density at radius 3 is 2.47 bits per heavy atom. The monoisotopic (exact) mass is 236 g/mol. The summed E-state index contributed by atoms with van der Waals surface area (Å²) in [5.74, 6) is -0.221. The van der Waals surface area contributed by atoms with Gasteiger partial charge >= 0.3 is 0 Å². The van der Waals surface area contributed by atoms with Crippen molar-refractivity contribution < 1.29 is 9.50 Å². The maximum Gasteiger partial charge on any atom is 0.126 e. The van der Waals surface area contributed by atoms with E-state index in [1.165, 1.54) is 25.3 Å². The van der Waals surface area contributed by atoms with Gasteiger partial charge in [0, 0.05) is 0 Å². The molecule has 1 aliphatic rings. The Morgan fingerprint density at radius 1 is 1.24 bits per heavy atom. The van der Waals surface area contributed by atoms with E-state index >= 15 is 0 Å². The zero-order valence-corrected chi connectivity index (χ0v) is 10.7. The van der Waals surface area contributed by atoms with Crippen LogP contribution >= 0.6 is 0 Å². The van der Waals surface area contributed by atoms with Crippen LogP contribution in [0.1, 0.15) is 56.3 Å². The largest absolute Gasteiger partial charge is 0.388 e. The van der Waals surface area contributed by atoms with Crippen LogP contribution in [0.2, 0.25) is 0 Å². The number of halogens is 1. The van der Waals surface area contributed by atoms with E-state index in [1.54, 1.807) is 13.0 Å². The Hall–Kier alpha value is -0.890. The number of aliphatic hydroxyl groups excluding tert-OH is 1. The maximum absolute atomic E-state index is 13.5. The van der Waals surface area contributed by atoms with Gasteiger partial charge in [0.2, 0.25) is 0 Å². The second-order valence-electron chi connectivity index (χ2n) is 5.63. The van der Waals surface area contributed by atoms with E-state index in [-0.39, 0.29) is 11.2 Å². The van der Waals surface area contributed by atoms with Crippen LogP contribution in [0.25, 0.3) is 0 Å². The number of aliphatic hydroxyl groups is 1. The highest BCUT2D eigenvalue weighted by Gasteiger charge is 2.35. The first kappa shape index (κ1) is 12.6. The highest BCUT2D eigenvalue weighted by atomic mass is 19.1. The van der Waals surface area contributed by atoms with Crippen LogP contribution in [0, 0.1) is 18.2 Å². The van der Waals surface area contributed by atoms with E-state index in [0.29, 0.717) is 5.56 Å². The fourth-order valence-corrected chi connectivity index (χ4v) is 2.81. The van der Waals surface area contributed by atoms with Crippen LogP contribution in [-0.2, 0) is 0 Å².